The van der Waals surface area contributed by atoms with Crippen LogP contribution in [0.15, 0.2) is 54.6 Å². The molecule has 0 saturated heterocycles. The number of benzene rings is 2. The van der Waals surface area contributed by atoms with Crippen LogP contribution in [0.2, 0.25) is 0 Å². The fourth-order valence-corrected chi connectivity index (χ4v) is 1.80. The Bertz CT molecular complexity index is 555. The first-order chi connectivity index (χ1) is 9.78. The minimum Gasteiger partial charge on any atom is -0.497 e. The van der Waals surface area contributed by atoms with Gasteiger partial charge in [0, 0.05) is 30.4 Å². The van der Waals surface area contributed by atoms with Crippen LogP contribution in [-0.4, -0.2) is 19.6 Å². The molecule has 0 aliphatic carbocycles. The van der Waals surface area contributed by atoms with Crippen molar-refractivity contribution in [3.05, 3.63) is 54.6 Å². The smallest absolute Gasteiger partial charge is 0.226 e. The van der Waals surface area contributed by atoms with Gasteiger partial charge < -0.3 is 15.4 Å². The third-order valence-corrected chi connectivity index (χ3v) is 2.81. The lowest BCUT2D eigenvalue weighted by Gasteiger charge is -2.08. The van der Waals surface area contributed by atoms with E-state index in [1.165, 1.54) is 0 Å². The van der Waals surface area contributed by atoms with Crippen LogP contribution in [0.5, 0.6) is 5.75 Å². The topological polar surface area (TPSA) is 50.4 Å². The summed E-state index contributed by atoms with van der Waals surface area (Å²) in [5.74, 6) is 0.701. The molecule has 0 bridgehead atoms. The Morgan fingerprint density at radius 2 is 1.80 bits per heavy atom. The van der Waals surface area contributed by atoms with E-state index in [1.807, 2.05) is 48.5 Å². The second kappa shape index (κ2) is 7.19. The van der Waals surface area contributed by atoms with Crippen LogP contribution in [0, 0.1) is 0 Å². The van der Waals surface area contributed by atoms with Gasteiger partial charge in [-0.1, -0.05) is 24.3 Å². The Morgan fingerprint density at radius 1 is 1.05 bits per heavy atom. The second-order valence-electron chi connectivity index (χ2n) is 4.32. The fraction of sp³-hybridized carbons (Fsp3) is 0.188. The molecule has 104 valence electrons. The molecule has 0 saturated carbocycles. The first-order valence-electron chi connectivity index (χ1n) is 6.51. The molecule has 0 radical (unpaired) electrons. The zero-order chi connectivity index (χ0) is 14.2. The maximum atomic E-state index is 11.8. The molecular weight excluding hydrogens is 252 g/mol. The molecule has 2 aromatic carbocycles. The molecule has 20 heavy (non-hydrogen) atoms. The highest BCUT2D eigenvalue weighted by molar-refractivity contribution is 5.91. The normalized spacial score (nSPS) is 9.85. The van der Waals surface area contributed by atoms with Gasteiger partial charge in [-0.3, -0.25) is 4.79 Å². The van der Waals surface area contributed by atoms with Crippen molar-refractivity contribution >= 4 is 17.3 Å². The van der Waals surface area contributed by atoms with Gasteiger partial charge in [0.15, 0.2) is 0 Å². The van der Waals surface area contributed by atoms with Gasteiger partial charge in [0.25, 0.3) is 0 Å². The van der Waals surface area contributed by atoms with E-state index >= 15 is 0 Å². The van der Waals surface area contributed by atoms with E-state index in [-0.39, 0.29) is 5.91 Å². The largest absolute Gasteiger partial charge is 0.497 e. The molecule has 0 atom stereocenters. The lowest BCUT2D eigenvalue weighted by Crippen LogP contribution is -2.16. The molecule has 0 fully saturated rings. The maximum absolute atomic E-state index is 11.8. The standard InChI is InChI=1S/C16H18N2O2/c1-20-15-9-5-8-14(12-15)18-16(19)10-11-17-13-6-3-2-4-7-13/h2-9,12,17H,10-11H2,1H3,(H,18,19). The predicted molar refractivity (Wildman–Crippen MR) is 81.2 cm³/mol. The number of hydrogen-bond donors (Lipinski definition) is 2. The van der Waals surface area contributed by atoms with Crippen molar-refractivity contribution in [1.29, 1.82) is 0 Å². The molecule has 1 amide bonds. The van der Waals surface area contributed by atoms with Crippen LogP contribution in [-0.2, 0) is 4.79 Å². The van der Waals surface area contributed by atoms with Crippen molar-refractivity contribution in [2.75, 3.05) is 24.3 Å². The molecule has 2 rings (SSSR count). The SMILES string of the molecule is COc1cccc(NC(=O)CCNc2ccccc2)c1. The van der Waals surface area contributed by atoms with Gasteiger partial charge in [0.1, 0.15) is 5.75 Å². The first kappa shape index (κ1) is 13.9. The highest BCUT2D eigenvalue weighted by atomic mass is 16.5. The number of carbonyl (C=O) groups is 1. The number of carbonyl (C=O) groups excluding carboxylic acids is 1. The number of methoxy groups -OCH3 is 1. The average molecular weight is 270 g/mol. The molecule has 0 unspecified atom stereocenters. The molecule has 0 heterocycles. The fourth-order valence-electron chi connectivity index (χ4n) is 1.80. The Balaban J connectivity index is 1.77. The number of nitrogens with one attached hydrogen (secondary N) is 2. The number of ether oxygens (including phenoxy) is 1. The van der Waals surface area contributed by atoms with Crippen molar-refractivity contribution in [3.8, 4) is 5.75 Å². The van der Waals surface area contributed by atoms with E-state index in [9.17, 15) is 4.79 Å². The van der Waals surface area contributed by atoms with Crippen LogP contribution in [0.3, 0.4) is 0 Å². The summed E-state index contributed by atoms with van der Waals surface area (Å²) in [6.45, 7) is 0.597. The van der Waals surface area contributed by atoms with Crippen molar-refractivity contribution in [2.45, 2.75) is 6.42 Å². The Kier molecular flexibility index (Phi) is 5.00. The second-order valence-corrected chi connectivity index (χ2v) is 4.32. The molecule has 0 aliphatic rings. The molecule has 2 aromatic rings. The number of para-hydroxylation sites is 1. The van der Waals surface area contributed by atoms with Gasteiger partial charge in [0.05, 0.1) is 7.11 Å². The van der Waals surface area contributed by atoms with Crippen molar-refractivity contribution in [2.24, 2.45) is 0 Å². The Hall–Kier alpha value is -2.49. The third kappa shape index (κ3) is 4.31. The summed E-state index contributed by atoms with van der Waals surface area (Å²) in [4.78, 5) is 11.8. The number of amides is 1. The average Bonchev–Trinajstić information content (AvgIpc) is 2.48. The quantitative estimate of drug-likeness (QED) is 0.848. The van der Waals surface area contributed by atoms with E-state index < -0.39 is 0 Å². The summed E-state index contributed by atoms with van der Waals surface area (Å²) in [6, 6.07) is 17.1. The lowest BCUT2D eigenvalue weighted by molar-refractivity contribution is -0.115. The van der Waals surface area contributed by atoms with Gasteiger partial charge >= 0.3 is 0 Å². The molecule has 4 nitrogen and oxygen atoms in total. The van der Waals surface area contributed by atoms with Crippen molar-refractivity contribution in [1.82, 2.24) is 0 Å². The maximum Gasteiger partial charge on any atom is 0.226 e. The van der Waals surface area contributed by atoms with Crippen molar-refractivity contribution in [3.63, 3.8) is 0 Å². The zero-order valence-electron chi connectivity index (χ0n) is 11.4. The first-order valence-corrected chi connectivity index (χ1v) is 6.51. The summed E-state index contributed by atoms with van der Waals surface area (Å²) in [7, 11) is 1.60. The van der Waals surface area contributed by atoms with Gasteiger partial charge in [-0.2, -0.15) is 0 Å². The molecule has 4 heteroatoms. The van der Waals surface area contributed by atoms with E-state index in [2.05, 4.69) is 10.6 Å². The Labute approximate surface area is 118 Å². The zero-order valence-corrected chi connectivity index (χ0v) is 11.4. The summed E-state index contributed by atoms with van der Waals surface area (Å²) < 4.78 is 5.11. The van der Waals surface area contributed by atoms with E-state index in [0.29, 0.717) is 13.0 Å². The third-order valence-electron chi connectivity index (χ3n) is 2.81. The predicted octanol–water partition coefficient (Wildman–Crippen LogP) is 3.14. The molecule has 0 aliphatic heterocycles. The highest BCUT2D eigenvalue weighted by Gasteiger charge is 2.03. The minimum atomic E-state index is -0.0262. The van der Waals surface area contributed by atoms with Crippen LogP contribution >= 0.6 is 0 Å². The summed E-state index contributed by atoms with van der Waals surface area (Å²) in [6.07, 6.45) is 0.409. The number of hydrogen-bond acceptors (Lipinski definition) is 3. The van der Waals surface area contributed by atoms with Gasteiger partial charge in [0.2, 0.25) is 5.91 Å². The summed E-state index contributed by atoms with van der Waals surface area (Å²) >= 11 is 0. The number of anilines is 2. The van der Waals surface area contributed by atoms with Gasteiger partial charge in [-0.25, -0.2) is 0 Å². The monoisotopic (exact) mass is 270 g/mol. The van der Waals surface area contributed by atoms with Gasteiger partial charge in [-0.05, 0) is 24.3 Å². The van der Waals surface area contributed by atoms with E-state index in [0.717, 1.165) is 17.1 Å². The molecule has 0 aromatic heterocycles. The van der Waals surface area contributed by atoms with Crippen molar-refractivity contribution < 1.29 is 9.53 Å². The summed E-state index contributed by atoms with van der Waals surface area (Å²) in [5.41, 5.74) is 1.76. The molecular formula is C16H18N2O2. The minimum absolute atomic E-state index is 0.0262. The van der Waals surface area contributed by atoms with Gasteiger partial charge in [-0.15, -0.1) is 0 Å². The van der Waals surface area contributed by atoms with Crippen LogP contribution in [0.25, 0.3) is 0 Å². The van der Waals surface area contributed by atoms with E-state index in [1.54, 1.807) is 13.2 Å². The molecule has 0 spiro atoms. The van der Waals surface area contributed by atoms with Crippen LogP contribution < -0.4 is 15.4 Å². The summed E-state index contributed by atoms with van der Waals surface area (Å²) in [5, 5.41) is 6.04. The Morgan fingerprint density at radius 3 is 2.55 bits per heavy atom. The van der Waals surface area contributed by atoms with Crippen LogP contribution in [0.4, 0.5) is 11.4 Å². The van der Waals surface area contributed by atoms with E-state index in [4.69, 9.17) is 4.74 Å². The highest BCUT2D eigenvalue weighted by Crippen LogP contribution is 2.16. The lowest BCUT2D eigenvalue weighted by atomic mass is 10.2. The molecule has 2 N–H and O–H groups in total. The number of rotatable bonds is 6. The van der Waals surface area contributed by atoms with Crippen LogP contribution in [0.1, 0.15) is 6.42 Å².